The summed E-state index contributed by atoms with van der Waals surface area (Å²) in [7, 11) is 2.06. The quantitative estimate of drug-likeness (QED) is 0.411. The number of nitro groups is 1. The van der Waals surface area contributed by atoms with Crippen molar-refractivity contribution >= 4 is 11.7 Å². The van der Waals surface area contributed by atoms with E-state index in [0.717, 1.165) is 43.1 Å². The number of hydrazine groups is 1. The highest BCUT2D eigenvalue weighted by Crippen LogP contribution is 2.51. The van der Waals surface area contributed by atoms with Crippen LogP contribution >= 0.6 is 0 Å². The Morgan fingerprint density at radius 2 is 1.80 bits per heavy atom. The monoisotopic (exact) mass is 480 g/mol. The summed E-state index contributed by atoms with van der Waals surface area (Å²) in [6.45, 7) is 2.69. The van der Waals surface area contributed by atoms with Gasteiger partial charge in [-0.15, -0.1) is 0 Å². The molecule has 0 amide bonds. The van der Waals surface area contributed by atoms with Gasteiger partial charge in [0, 0.05) is 36.5 Å². The number of nitrogens with zero attached hydrogens (tertiary/aromatic N) is 3. The number of dihydropyridines is 1. The van der Waals surface area contributed by atoms with Gasteiger partial charge in [0.2, 0.25) is 0 Å². The molecule has 0 spiro atoms. The van der Waals surface area contributed by atoms with Gasteiger partial charge in [-0.2, -0.15) is 0 Å². The van der Waals surface area contributed by atoms with E-state index in [1.165, 1.54) is 44.6 Å². The van der Waals surface area contributed by atoms with E-state index in [1.54, 1.807) is 25.1 Å². The molecule has 5 rings (SSSR count). The first-order valence-corrected chi connectivity index (χ1v) is 13.1. The first kappa shape index (κ1) is 23.9. The van der Waals surface area contributed by atoms with Crippen LogP contribution in [0.25, 0.3) is 0 Å². The molecule has 2 saturated carbocycles. The van der Waals surface area contributed by atoms with E-state index in [4.69, 9.17) is 0 Å². The molecule has 8 heteroatoms. The maximum absolute atomic E-state index is 12.6. The van der Waals surface area contributed by atoms with Gasteiger partial charge in [0.1, 0.15) is 5.82 Å². The van der Waals surface area contributed by atoms with Gasteiger partial charge in [0.15, 0.2) is 0 Å². The molecule has 188 valence electrons. The number of carboxylic acid groups (broad SMARTS) is 1. The second-order valence-electron chi connectivity index (χ2n) is 10.6. The van der Waals surface area contributed by atoms with Crippen LogP contribution in [0.15, 0.2) is 46.9 Å². The summed E-state index contributed by atoms with van der Waals surface area (Å²) in [5.41, 5.74) is 2.21. The summed E-state index contributed by atoms with van der Waals surface area (Å²) in [6, 6.07) is 6.70. The van der Waals surface area contributed by atoms with Crippen molar-refractivity contribution in [2.75, 3.05) is 13.6 Å². The molecule has 8 nitrogen and oxygen atoms in total. The Balaban J connectivity index is 1.61. The third-order valence-electron chi connectivity index (χ3n) is 8.69. The second-order valence-corrected chi connectivity index (χ2v) is 10.6. The normalized spacial score (nSPS) is 25.9. The first-order valence-electron chi connectivity index (χ1n) is 13.1. The van der Waals surface area contributed by atoms with Gasteiger partial charge in [0.25, 0.3) is 5.69 Å². The average molecular weight is 481 g/mol. The maximum atomic E-state index is 12.6. The highest BCUT2D eigenvalue weighted by Gasteiger charge is 2.50. The smallest absolute Gasteiger partial charge is 0.334 e. The lowest BCUT2D eigenvalue weighted by Gasteiger charge is -2.37. The fourth-order valence-electron chi connectivity index (χ4n) is 7.06. The van der Waals surface area contributed by atoms with Crippen molar-refractivity contribution in [2.45, 2.75) is 76.7 Å². The van der Waals surface area contributed by atoms with Crippen molar-refractivity contribution < 1.29 is 14.8 Å². The van der Waals surface area contributed by atoms with Crippen LogP contribution in [0.2, 0.25) is 0 Å². The summed E-state index contributed by atoms with van der Waals surface area (Å²) in [5.74, 6) is 0.378. The molecule has 2 aliphatic heterocycles. The molecular formula is C27H36N4O4. The molecule has 0 aromatic heterocycles. The highest BCUT2D eigenvalue weighted by atomic mass is 16.6. The minimum absolute atomic E-state index is 0.0185. The van der Waals surface area contributed by atoms with Crippen molar-refractivity contribution in [1.29, 1.82) is 0 Å². The standard InChI is InChI=1S/C27H36N4O4/c1-17-22(27(32)33)23(20-13-7-8-14-21(20)31(34)35)24-25(19-11-5-6-12-19)30(29(2)26(24)28-17)16-15-18-9-3-4-10-18/h7-8,13-14,18-19,23,25,28H,3-6,9-12,15-16H2,1-2H3,(H,32,33). The van der Waals surface area contributed by atoms with Gasteiger partial charge in [-0.3, -0.25) is 15.1 Å². The molecule has 2 aliphatic carbocycles. The zero-order chi connectivity index (χ0) is 24.7. The van der Waals surface area contributed by atoms with Crippen molar-refractivity contribution in [3.05, 3.63) is 62.6 Å². The number of para-hydroxylation sites is 1. The number of nitro benzene ring substituents is 1. The van der Waals surface area contributed by atoms with Gasteiger partial charge in [-0.05, 0) is 38.0 Å². The fraction of sp³-hybridized carbons (Fsp3) is 0.593. The number of rotatable bonds is 7. The average Bonchev–Trinajstić information content (AvgIpc) is 3.59. The summed E-state index contributed by atoms with van der Waals surface area (Å²) < 4.78 is 0. The molecule has 0 saturated heterocycles. The molecule has 0 bridgehead atoms. The lowest BCUT2D eigenvalue weighted by atomic mass is 9.75. The molecule has 2 heterocycles. The summed E-state index contributed by atoms with van der Waals surface area (Å²) in [4.78, 5) is 24.2. The number of aliphatic carboxylic acids is 1. The number of allylic oxidation sites excluding steroid dienone is 1. The third-order valence-corrected chi connectivity index (χ3v) is 8.69. The lowest BCUT2D eigenvalue weighted by Crippen LogP contribution is -2.45. The second kappa shape index (κ2) is 9.64. The van der Waals surface area contributed by atoms with Gasteiger partial charge >= 0.3 is 5.97 Å². The maximum Gasteiger partial charge on any atom is 0.334 e. The molecule has 1 aromatic rings. The Kier molecular flexibility index (Phi) is 6.57. The van der Waals surface area contributed by atoms with Gasteiger partial charge in [-0.1, -0.05) is 56.7 Å². The van der Waals surface area contributed by atoms with Crippen LogP contribution in [0, 0.1) is 22.0 Å². The molecule has 2 atom stereocenters. The van der Waals surface area contributed by atoms with Crippen LogP contribution in [0.1, 0.15) is 76.2 Å². The van der Waals surface area contributed by atoms with E-state index in [0.29, 0.717) is 17.2 Å². The molecule has 2 fully saturated rings. The van der Waals surface area contributed by atoms with Crippen molar-refractivity contribution in [1.82, 2.24) is 15.3 Å². The van der Waals surface area contributed by atoms with Crippen LogP contribution in [0.3, 0.4) is 0 Å². The SMILES string of the molecule is CC1=C(C(=O)O)C(c2ccccc2[N+](=O)[O-])C2=C(N1)N(C)N(CCC1CCCC1)C2C1CCCC1. The van der Waals surface area contributed by atoms with Crippen LogP contribution in [0.4, 0.5) is 5.69 Å². The topological polar surface area (TPSA) is 98.9 Å². The predicted molar refractivity (Wildman–Crippen MR) is 133 cm³/mol. The molecule has 1 aromatic carbocycles. The summed E-state index contributed by atoms with van der Waals surface area (Å²) in [6.07, 6.45) is 10.9. The summed E-state index contributed by atoms with van der Waals surface area (Å²) >= 11 is 0. The Morgan fingerprint density at radius 1 is 1.14 bits per heavy atom. The number of carboxylic acids is 1. The van der Waals surface area contributed by atoms with E-state index in [2.05, 4.69) is 22.4 Å². The molecule has 35 heavy (non-hydrogen) atoms. The van der Waals surface area contributed by atoms with E-state index in [9.17, 15) is 20.0 Å². The lowest BCUT2D eigenvalue weighted by molar-refractivity contribution is -0.385. The van der Waals surface area contributed by atoms with Gasteiger partial charge in [0.05, 0.1) is 22.5 Å². The van der Waals surface area contributed by atoms with Crippen molar-refractivity contribution in [3.8, 4) is 0 Å². The number of nitrogens with one attached hydrogen (secondary N) is 1. The molecule has 2 N–H and O–H groups in total. The fourth-order valence-corrected chi connectivity index (χ4v) is 7.06. The summed E-state index contributed by atoms with van der Waals surface area (Å²) in [5, 5.41) is 30.3. The predicted octanol–water partition coefficient (Wildman–Crippen LogP) is 5.15. The molecule has 4 aliphatic rings. The Labute approximate surface area is 206 Å². The number of hydrogen-bond acceptors (Lipinski definition) is 6. The first-order chi connectivity index (χ1) is 16.9. The van der Waals surface area contributed by atoms with Crippen molar-refractivity contribution in [2.24, 2.45) is 11.8 Å². The Hall–Kier alpha value is -2.87. The minimum Gasteiger partial charge on any atom is -0.478 e. The molecule has 0 radical (unpaired) electrons. The Bertz CT molecular complexity index is 1070. The van der Waals surface area contributed by atoms with E-state index >= 15 is 0 Å². The van der Waals surface area contributed by atoms with Crippen LogP contribution < -0.4 is 5.32 Å². The van der Waals surface area contributed by atoms with Crippen molar-refractivity contribution in [3.63, 3.8) is 0 Å². The number of benzene rings is 1. The van der Waals surface area contributed by atoms with Crippen LogP contribution in [0.5, 0.6) is 0 Å². The minimum atomic E-state index is -1.03. The van der Waals surface area contributed by atoms with E-state index in [1.807, 2.05) is 0 Å². The van der Waals surface area contributed by atoms with Crippen LogP contribution in [-0.2, 0) is 4.79 Å². The zero-order valence-electron chi connectivity index (χ0n) is 20.7. The van der Waals surface area contributed by atoms with E-state index < -0.39 is 11.9 Å². The van der Waals surface area contributed by atoms with Gasteiger partial charge < -0.3 is 10.4 Å². The molecule has 2 unspecified atom stereocenters. The van der Waals surface area contributed by atoms with Gasteiger partial charge in [-0.25, -0.2) is 9.80 Å². The Morgan fingerprint density at radius 3 is 2.46 bits per heavy atom. The largest absolute Gasteiger partial charge is 0.478 e. The number of carbonyl (C=O) groups is 1. The zero-order valence-corrected chi connectivity index (χ0v) is 20.7. The number of hydrogen-bond donors (Lipinski definition) is 2. The third kappa shape index (κ3) is 4.22. The molecular weight excluding hydrogens is 444 g/mol. The highest BCUT2D eigenvalue weighted by molar-refractivity contribution is 5.91. The van der Waals surface area contributed by atoms with E-state index in [-0.39, 0.29) is 22.2 Å². The van der Waals surface area contributed by atoms with Crippen LogP contribution in [-0.4, -0.2) is 45.7 Å².